The number of fused-ring (bicyclic) bond motifs is 4. The minimum atomic E-state index is 1.18. The molecule has 0 fully saturated rings. The first-order valence-electron chi connectivity index (χ1n) is 13.0. The highest BCUT2D eigenvalue weighted by Gasteiger charge is 2.21. The first kappa shape index (κ1) is 21.1. The van der Waals surface area contributed by atoms with Crippen molar-refractivity contribution in [1.82, 2.24) is 4.98 Å². The predicted octanol–water partition coefficient (Wildman–Crippen LogP) is 10.0. The van der Waals surface area contributed by atoms with Crippen LogP contribution in [0.5, 0.6) is 0 Å². The molecule has 0 spiro atoms. The van der Waals surface area contributed by atoms with Gasteiger partial charge in [-0.05, 0) is 114 Å². The van der Waals surface area contributed by atoms with Gasteiger partial charge in [-0.15, -0.1) is 0 Å². The van der Waals surface area contributed by atoms with E-state index in [-0.39, 0.29) is 0 Å². The molecule has 0 radical (unpaired) electrons. The minimum absolute atomic E-state index is 1.18. The van der Waals surface area contributed by atoms with Gasteiger partial charge in [0.25, 0.3) is 0 Å². The Morgan fingerprint density at radius 1 is 0.316 bits per heavy atom. The first-order valence-corrected chi connectivity index (χ1v) is 13.0. The maximum absolute atomic E-state index is 4.19. The van der Waals surface area contributed by atoms with Crippen LogP contribution in [0.25, 0.3) is 77.2 Å². The summed E-state index contributed by atoms with van der Waals surface area (Å²) in [7, 11) is 0. The molecule has 0 unspecified atom stereocenters. The number of benzene rings is 6. The van der Waals surface area contributed by atoms with Crippen molar-refractivity contribution in [3.8, 4) is 55.6 Å². The quantitative estimate of drug-likeness (QED) is 0.245. The summed E-state index contributed by atoms with van der Waals surface area (Å²) >= 11 is 0. The van der Waals surface area contributed by atoms with Crippen LogP contribution in [0, 0.1) is 0 Å². The van der Waals surface area contributed by atoms with Crippen LogP contribution in [-0.4, -0.2) is 4.98 Å². The smallest absolute Gasteiger partial charge is 0.0273 e. The van der Waals surface area contributed by atoms with E-state index in [0.29, 0.717) is 0 Å². The summed E-state index contributed by atoms with van der Waals surface area (Å²) in [4.78, 5) is 4.19. The summed E-state index contributed by atoms with van der Waals surface area (Å²) in [5.41, 5.74) is 12.7. The summed E-state index contributed by atoms with van der Waals surface area (Å²) in [5, 5.41) is 5.16. The van der Waals surface area contributed by atoms with Gasteiger partial charge in [0.15, 0.2) is 0 Å². The number of hydrogen-bond acceptors (Lipinski definition) is 1. The highest BCUT2D eigenvalue weighted by atomic mass is 14.6. The summed E-state index contributed by atoms with van der Waals surface area (Å²) in [5.74, 6) is 0. The van der Waals surface area contributed by atoms with Gasteiger partial charge in [-0.25, -0.2) is 0 Å². The van der Waals surface area contributed by atoms with Crippen LogP contribution in [0.1, 0.15) is 0 Å². The van der Waals surface area contributed by atoms with Gasteiger partial charge in [-0.3, -0.25) is 4.98 Å². The van der Waals surface area contributed by atoms with Crippen molar-refractivity contribution in [3.63, 3.8) is 0 Å². The van der Waals surface area contributed by atoms with E-state index in [1.165, 1.54) is 77.2 Å². The van der Waals surface area contributed by atoms with Crippen molar-refractivity contribution in [2.24, 2.45) is 0 Å². The Kier molecular flexibility index (Phi) is 4.59. The Bertz CT molecular complexity index is 2020. The molecule has 0 bridgehead atoms. The molecule has 1 aromatic heterocycles. The number of hydrogen-bond donors (Lipinski definition) is 0. The van der Waals surface area contributed by atoms with E-state index < -0.39 is 0 Å². The molecule has 1 nitrogen and oxygen atoms in total. The van der Waals surface area contributed by atoms with Gasteiger partial charge >= 0.3 is 0 Å². The molecular weight excluding hydrogens is 458 g/mol. The monoisotopic (exact) mass is 481 g/mol. The van der Waals surface area contributed by atoms with Gasteiger partial charge in [0.2, 0.25) is 0 Å². The molecule has 0 N–H and O–H groups in total. The third-order valence-corrected chi connectivity index (χ3v) is 7.89. The number of aromatic nitrogens is 1. The van der Waals surface area contributed by atoms with E-state index in [1.54, 1.807) is 0 Å². The molecule has 0 atom stereocenters. The minimum Gasteiger partial charge on any atom is -0.265 e. The van der Waals surface area contributed by atoms with Crippen LogP contribution >= 0.6 is 0 Å². The SMILES string of the molecule is c1ccc(-c2ccc3cc(-c4cc5c6c(cccc6c4)-c4ccccc4-5)ccc3c2)c(-c2ccncc2)c1. The molecule has 0 amide bonds. The summed E-state index contributed by atoms with van der Waals surface area (Å²) in [6.07, 6.45) is 3.71. The van der Waals surface area contributed by atoms with Gasteiger partial charge in [0, 0.05) is 12.4 Å². The molecule has 0 aliphatic heterocycles. The average Bonchev–Trinajstić information content (AvgIpc) is 3.32. The Morgan fingerprint density at radius 2 is 0.895 bits per heavy atom. The number of pyridine rings is 1. The van der Waals surface area contributed by atoms with Crippen molar-refractivity contribution in [2.75, 3.05) is 0 Å². The molecular formula is C37H23N. The topological polar surface area (TPSA) is 12.9 Å². The fourth-order valence-corrected chi connectivity index (χ4v) is 6.10. The molecule has 0 saturated carbocycles. The van der Waals surface area contributed by atoms with Gasteiger partial charge in [-0.1, -0.05) is 91.0 Å². The van der Waals surface area contributed by atoms with E-state index in [2.05, 4.69) is 132 Å². The molecule has 1 heteroatoms. The van der Waals surface area contributed by atoms with Crippen LogP contribution in [-0.2, 0) is 0 Å². The van der Waals surface area contributed by atoms with Gasteiger partial charge < -0.3 is 0 Å². The van der Waals surface area contributed by atoms with E-state index in [0.717, 1.165) is 0 Å². The molecule has 6 aromatic carbocycles. The van der Waals surface area contributed by atoms with Crippen LogP contribution < -0.4 is 0 Å². The maximum Gasteiger partial charge on any atom is 0.0273 e. The zero-order valence-corrected chi connectivity index (χ0v) is 20.7. The van der Waals surface area contributed by atoms with Crippen LogP contribution in [0.4, 0.5) is 0 Å². The van der Waals surface area contributed by atoms with Crippen LogP contribution in [0.3, 0.4) is 0 Å². The highest BCUT2D eigenvalue weighted by molar-refractivity contribution is 6.16. The van der Waals surface area contributed by atoms with Crippen molar-refractivity contribution >= 4 is 21.5 Å². The third kappa shape index (κ3) is 3.22. The molecule has 1 aliphatic rings. The van der Waals surface area contributed by atoms with Crippen LogP contribution in [0.2, 0.25) is 0 Å². The Morgan fingerprint density at radius 3 is 1.66 bits per heavy atom. The number of nitrogens with zero attached hydrogens (tertiary/aromatic N) is 1. The van der Waals surface area contributed by atoms with Crippen molar-refractivity contribution in [3.05, 3.63) is 140 Å². The van der Waals surface area contributed by atoms with E-state index in [1.807, 2.05) is 12.4 Å². The largest absolute Gasteiger partial charge is 0.265 e. The molecule has 38 heavy (non-hydrogen) atoms. The first-order chi connectivity index (χ1) is 18.8. The normalized spacial score (nSPS) is 11.7. The maximum atomic E-state index is 4.19. The second-order valence-corrected chi connectivity index (χ2v) is 10.0. The lowest BCUT2D eigenvalue weighted by atomic mass is 9.92. The summed E-state index contributed by atoms with van der Waals surface area (Å²) in [6.45, 7) is 0. The van der Waals surface area contributed by atoms with Crippen molar-refractivity contribution in [2.45, 2.75) is 0 Å². The lowest BCUT2D eigenvalue weighted by Crippen LogP contribution is -1.86. The fourth-order valence-electron chi connectivity index (χ4n) is 6.10. The highest BCUT2D eigenvalue weighted by Crippen LogP contribution is 2.48. The van der Waals surface area contributed by atoms with Crippen molar-refractivity contribution in [1.29, 1.82) is 0 Å². The lowest BCUT2D eigenvalue weighted by Gasteiger charge is -2.12. The van der Waals surface area contributed by atoms with Crippen LogP contribution in [0.15, 0.2) is 140 Å². The second kappa shape index (κ2) is 8.26. The summed E-state index contributed by atoms with van der Waals surface area (Å²) in [6, 6.07) is 46.6. The Hall–Kier alpha value is -5.01. The summed E-state index contributed by atoms with van der Waals surface area (Å²) < 4.78 is 0. The van der Waals surface area contributed by atoms with E-state index >= 15 is 0 Å². The van der Waals surface area contributed by atoms with Gasteiger partial charge in [-0.2, -0.15) is 0 Å². The fraction of sp³-hybridized carbons (Fsp3) is 0. The molecule has 1 heterocycles. The predicted molar refractivity (Wildman–Crippen MR) is 160 cm³/mol. The van der Waals surface area contributed by atoms with Gasteiger partial charge in [0.05, 0.1) is 0 Å². The molecule has 7 aromatic rings. The average molecular weight is 482 g/mol. The second-order valence-electron chi connectivity index (χ2n) is 10.0. The van der Waals surface area contributed by atoms with E-state index in [9.17, 15) is 0 Å². The standard InChI is InChI=1S/C37H23N/c1-2-8-32(31(7-1)24-16-18-38-19-17-24)28-15-14-25-20-27(13-12-26(25)21-28)30-22-29-6-5-11-35-33-9-3-4-10-34(33)36(23-30)37(29)35/h1-23H. The molecule has 8 rings (SSSR count). The molecule has 176 valence electrons. The molecule has 1 aliphatic carbocycles. The van der Waals surface area contributed by atoms with Gasteiger partial charge in [0.1, 0.15) is 0 Å². The van der Waals surface area contributed by atoms with Crippen molar-refractivity contribution < 1.29 is 0 Å². The number of rotatable bonds is 3. The lowest BCUT2D eigenvalue weighted by molar-refractivity contribution is 1.33. The molecule has 0 saturated heterocycles. The zero-order chi connectivity index (χ0) is 25.1. The Balaban J connectivity index is 1.24. The zero-order valence-electron chi connectivity index (χ0n) is 20.7. The van der Waals surface area contributed by atoms with E-state index in [4.69, 9.17) is 0 Å². The Labute approximate surface area is 221 Å². The third-order valence-electron chi connectivity index (χ3n) is 7.89.